The van der Waals surface area contributed by atoms with Crippen LogP contribution in [0.2, 0.25) is 0 Å². The fraction of sp³-hybridized carbons (Fsp3) is 0.783. The quantitative estimate of drug-likeness (QED) is 0.216. The molecule has 0 aromatic heterocycles. The number of carbonyl (C=O) groups is 4. The number of nitriles is 1. The Kier molecular flexibility index (Phi) is 12.2. The second-order valence-corrected chi connectivity index (χ2v) is 9.95. The van der Waals surface area contributed by atoms with E-state index in [-0.39, 0.29) is 12.4 Å². The Bertz CT molecular complexity index is 898. The van der Waals surface area contributed by atoms with Gasteiger partial charge in [-0.1, -0.05) is 6.92 Å². The maximum atomic E-state index is 12.0. The molecule has 2 saturated heterocycles. The third-order valence-corrected chi connectivity index (χ3v) is 6.86. The van der Waals surface area contributed by atoms with Crippen LogP contribution in [0.4, 0.5) is 0 Å². The number of aliphatic hydroxyl groups excluding tert-OH is 2. The topological polar surface area (TPSA) is 200 Å². The average Bonchev–Trinajstić information content (AvgIpc) is 2.82. The van der Waals surface area contributed by atoms with Crippen LogP contribution in [0.25, 0.3) is 0 Å². The maximum Gasteiger partial charge on any atom is 0.303 e. The van der Waals surface area contributed by atoms with Crippen molar-refractivity contribution >= 4 is 35.6 Å². The lowest BCUT2D eigenvalue weighted by Crippen LogP contribution is -2.66. The Morgan fingerprint density at radius 3 is 2.13 bits per heavy atom. The zero-order valence-electron chi connectivity index (χ0n) is 21.7. The number of thioether (sulfide) groups is 1. The summed E-state index contributed by atoms with van der Waals surface area (Å²) in [7, 11) is 0. The first-order valence-electron chi connectivity index (χ1n) is 11.9. The summed E-state index contributed by atoms with van der Waals surface area (Å²) in [6.07, 6.45) is -8.38. The lowest BCUT2D eigenvalue weighted by Gasteiger charge is -2.48. The molecule has 0 aromatic carbocycles. The molecule has 3 N–H and O–H groups in total. The standard InChI is InChI=1S/C23H34N2O12S/c1-10-19(33-13(4)29)20(34-14(5)30)16(9-32-12(3)28)35-22(10)37-21-17(25-11(2)27)23(38-7-6-24)36-15(8-26)18(21)31/h10,15-23,26,31H,7-9H2,1-5H3,(H,25,27)/t10?,15?,16-,17?,18+,19?,20-,21+,22-,23-/m0/s1. The van der Waals surface area contributed by atoms with Crippen LogP contribution < -0.4 is 5.32 Å². The molecule has 0 saturated carbocycles. The second-order valence-electron chi connectivity index (χ2n) is 8.86. The van der Waals surface area contributed by atoms with Crippen molar-refractivity contribution in [1.29, 1.82) is 5.26 Å². The van der Waals surface area contributed by atoms with E-state index in [0.717, 1.165) is 18.7 Å². The molecule has 4 unspecified atom stereocenters. The van der Waals surface area contributed by atoms with E-state index in [1.54, 1.807) is 6.92 Å². The number of nitrogens with zero attached hydrogens (tertiary/aromatic N) is 1. The molecule has 1 amide bonds. The Labute approximate surface area is 224 Å². The Hall–Kier alpha value is -2.48. The number of nitrogens with one attached hydrogen (secondary N) is 1. The summed E-state index contributed by atoms with van der Waals surface area (Å²) in [5.74, 6) is -3.28. The van der Waals surface area contributed by atoms with E-state index in [1.807, 2.05) is 6.07 Å². The van der Waals surface area contributed by atoms with Crippen LogP contribution in [0, 0.1) is 17.2 Å². The van der Waals surface area contributed by atoms with Crippen LogP contribution in [0.15, 0.2) is 0 Å². The smallest absolute Gasteiger partial charge is 0.303 e. The molecule has 38 heavy (non-hydrogen) atoms. The number of rotatable bonds is 10. The van der Waals surface area contributed by atoms with E-state index in [1.165, 1.54) is 20.8 Å². The Morgan fingerprint density at radius 1 is 0.974 bits per heavy atom. The molecule has 14 nitrogen and oxygen atoms in total. The zero-order chi connectivity index (χ0) is 28.6. The molecule has 214 valence electrons. The van der Waals surface area contributed by atoms with Crippen LogP contribution in [-0.2, 0) is 47.6 Å². The lowest BCUT2D eigenvalue weighted by atomic mass is 9.91. The van der Waals surface area contributed by atoms with Crippen molar-refractivity contribution in [2.45, 2.75) is 89.0 Å². The first kappa shape index (κ1) is 31.7. The third kappa shape index (κ3) is 8.52. The number of carbonyl (C=O) groups excluding carboxylic acids is 4. The van der Waals surface area contributed by atoms with Gasteiger partial charge in [0.2, 0.25) is 5.91 Å². The molecule has 2 aliphatic rings. The van der Waals surface area contributed by atoms with Gasteiger partial charge in [0.1, 0.15) is 42.6 Å². The Balaban J connectivity index is 2.44. The zero-order valence-corrected chi connectivity index (χ0v) is 22.5. The molecule has 0 radical (unpaired) electrons. The van der Waals surface area contributed by atoms with Gasteiger partial charge < -0.3 is 44.0 Å². The van der Waals surface area contributed by atoms with E-state index < -0.39 is 90.7 Å². The highest BCUT2D eigenvalue weighted by Crippen LogP contribution is 2.36. The number of esters is 3. The highest BCUT2D eigenvalue weighted by molar-refractivity contribution is 8.00. The van der Waals surface area contributed by atoms with E-state index >= 15 is 0 Å². The van der Waals surface area contributed by atoms with Gasteiger partial charge in [0.25, 0.3) is 0 Å². The number of hydrogen-bond donors (Lipinski definition) is 3. The van der Waals surface area contributed by atoms with Gasteiger partial charge in [-0.25, -0.2) is 0 Å². The second kappa shape index (κ2) is 14.6. The van der Waals surface area contributed by atoms with Crippen molar-refractivity contribution in [2.24, 2.45) is 5.92 Å². The minimum Gasteiger partial charge on any atom is -0.463 e. The van der Waals surface area contributed by atoms with Crippen LogP contribution >= 0.6 is 11.8 Å². The molecule has 2 fully saturated rings. The number of hydrogen-bond acceptors (Lipinski definition) is 14. The molecule has 15 heteroatoms. The van der Waals surface area contributed by atoms with Gasteiger partial charge in [0.05, 0.1) is 24.5 Å². The summed E-state index contributed by atoms with van der Waals surface area (Å²) >= 11 is 1.04. The molecule has 2 rings (SSSR count). The summed E-state index contributed by atoms with van der Waals surface area (Å²) in [6.45, 7) is 5.40. The van der Waals surface area contributed by atoms with Crippen molar-refractivity contribution in [3.63, 3.8) is 0 Å². The van der Waals surface area contributed by atoms with Crippen molar-refractivity contribution in [3.05, 3.63) is 0 Å². The summed E-state index contributed by atoms with van der Waals surface area (Å²) in [4.78, 5) is 47.2. The lowest BCUT2D eigenvalue weighted by molar-refractivity contribution is -0.318. The molecule has 0 aliphatic carbocycles. The number of ether oxygens (including phenoxy) is 6. The largest absolute Gasteiger partial charge is 0.463 e. The minimum atomic E-state index is -1.45. The van der Waals surface area contributed by atoms with Crippen LogP contribution in [0.1, 0.15) is 34.6 Å². The monoisotopic (exact) mass is 562 g/mol. The summed E-state index contributed by atoms with van der Waals surface area (Å²) in [5, 5.41) is 32.5. The van der Waals surface area contributed by atoms with Crippen molar-refractivity contribution in [3.8, 4) is 6.07 Å². The maximum absolute atomic E-state index is 12.0. The molecule has 0 bridgehead atoms. The minimum absolute atomic E-state index is 0.0128. The van der Waals surface area contributed by atoms with Gasteiger partial charge >= 0.3 is 17.9 Å². The van der Waals surface area contributed by atoms with E-state index in [9.17, 15) is 29.4 Å². The highest BCUT2D eigenvalue weighted by atomic mass is 32.2. The normalized spacial score (nSPS) is 34.9. The van der Waals surface area contributed by atoms with E-state index in [0.29, 0.717) is 0 Å². The molecule has 2 heterocycles. The predicted molar refractivity (Wildman–Crippen MR) is 128 cm³/mol. The summed E-state index contributed by atoms with van der Waals surface area (Å²) in [5.41, 5.74) is -0.877. The summed E-state index contributed by atoms with van der Waals surface area (Å²) in [6, 6.07) is 0.976. The van der Waals surface area contributed by atoms with E-state index in [2.05, 4.69) is 5.32 Å². The van der Waals surface area contributed by atoms with Crippen LogP contribution in [0.5, 0.6) is 0 Å². The Morgan fingerprint density at radius 2 is 1.61 bits per heavy atom. The molecular weight excluding hydrogens is 528 g/mol. The molecule has 0 spiro atoms. The average molecular weight is 563 g/mol. The first-order chi connectivity index (χ1) is 17.9. The fourth-order valence-electron chi connectivity index (χ4n) is 4.26. The van der Waals surface area contributed by atoms with Gasteiger partial charge in [-0.3, -0.25) is 19.2 Å². The third-order valence-electron chi connectivity index (χ3n) is 5.83. The number of aliphatic hydroxyl groups is 2. The molecule has 10 atom stereocenters. The molecule has 0 aromatic rings. The van der Waals surface area contributed by atoms with Crippen molar-refractivity contribution in [1.82, 2.24) is 5.32 Å². The SMILES string of the molecule is CC(=O)NC1[C@@H](O[C@@H]2O[C@@H](COC(C)=O)[C@H](OC(C)=O)C(OC(C)=O)C2C)[C@H](O)C(CO)O[C@H]1SCC#N. The van der Waals surface area contributed by atoms with E-state index in [4.69, 9.17) is 33.7 Å². The van der Waals surface area contributed by atoms with Crippen molar-refractivity contribution < 1.29 is 57.8 Å². The van der Waals surface area contributed by atoms with Gasteiger partial charge in [-0.2, -0.15) is 5.26 Å². The van der Waals surface area contributed by atoms with Gasteiger partial charge in [0.15, 0.2) is 12.4 Å². The van der Waals surface area contributed by atoms with Gasteiger partial charge in [-0.05, 0) is 0 Å². The first-order valence-corrected chi connectivity index (χ1v) is 12.9. The molecular formula is C23H34N2O12S. The summed E-state index contributed by atoms with van der Waals surface area (Å²) < 4.78 is 33.8. The van der Waals surface area contributed by atoms with Crippen molar-refractivity contribution in [2.75, 3.05) is 19.0 Å². The highest BCUT2D eigenvalue weighted by Gasteiger charge is 2.53. The number of amides is 1. The fourth-order valence-corrected chi connectivity index (χ4v) is 5.15. The predicted octanol–water partition coefficient (Wildman–Crippen LogP) is -1.00. The van der Waals surface area contributed by atoms with Gasteiger partial charge in [-0.15, -0.1) is 11.8 Å². The van der Waals surface area contributed by atoms with Crippen LogP contribution in [-0.4, -0.2) is 107 Å². The molecule has 2 aliphatic heterocycles. The van der Waals surface area contributed by atoms with Crippen LogP contribution in [0.3, 0.4) is 0 Å². The van der Waals surface area contributed by atoms with Gasteiger partial charge in [0, 0.05) is 33.6 Å².